The molecule has 0 heterocycles. The van der Waals surface area contributed by atoms with Gasteiger partial charge >= 0.3 is 0 Å². The molecule has 52 valence electrons. The first-order valence-electron chi connectivity index (χ1n) is 3.22. The smallest absolute Gasteiger partial charge is 0.0214 e. The summed E-state index contributed by atoms with van der Waals surface area (Å²) in [5.41, 5.74) is 5.23. The van der Waals surface area contributed by atoms with Gasteiger partial charge in [-0.1, -0.05) is 0 Å². The monoisotopic (exact) mass is 126 g/mol. The second-order valence-electron chi connectivity index (χ2n) is 1.75. The molecule has 0 aliphatic carbocycles. The van der Waals surface area contributed by atoms with E-state index in [2.05, 4.69) is 17.2 Å². The van der Waals surface area contributed by atoms with Crippen molar-refractivity contribution < 1.29 is 0 Å². The zero-order valence-corrected chi connectivity index (χ0v) is 5.91. The molecule has 0 spiro atoms. The fraction of sp³-hybridized carbons (Fsp3) is 0.714. The third-order valence-corrected chi connectivity index (χ3v) is 0.894. The van der Waals surface area contributed by atoms with Gasteiger partial charge in [0.2, 0.25) is 0 Å². The molecular formula is C7H14N2. The summed E-state index contributed by atoms with van der Waals surface area (Å²) in [6.07, 6.45) is 1.75. The van der Waals surface area contributed by atoms with Crippen LogP contribution in [0.15, 0.2) is 0 Å². The zero-order chi connectivity index (χ0) is 6.95. The minimum atomic E-state index is 0.673. The van der Waals surface area contributed by atoms with Crippen molar-refractivity contribution in [2.75, 3.05) is 20.1 Å². The van der Waals surface area contributed by atoms with Gasteiger partial charge in [0.05, 0.1) is 0 Å². The average molecular weight is 126 g/mol. The normalized spacial score (nSPS) is 8.22. The molecule has 0 amide bonds. The summed E-state index contributed by atoms with van der Waals surface area (Å²) in [5.74, 6) is 5.95. The molecule has 0 aliphatic heterocycles. The Hall–Kier alpha value is -0.520. The quantitative estimate of drug-likeness (QED) is 0.411. The molecular weight excluding hydrogens is 112 g/mol. The molecule has 2 heteroatoms. The van der Waals surface area contributed by atoms with Crippen LogP contribution in [0.4, 0.5) is 0 Å². The largest absolute Gasteiger partial charge is 0.330 e. The fourth-order valence-corrected chi connectivity index (χ4v) is 0.436. The predicted molar refractivity (Wildman–Crippen MR) is 40.0 cm³/mol. The van der Waals surface area contributed by atoms with Crippen molar-refractivity contribution in [3.63, 3.8) is 0 Å². The van der Waals surface area contributed by atoms with Crippen molar-refractivity contribution in [3.8, 4) is 11.8 Å². The van der Waals surface area contributed by atoms with Crippen LogP contribution >= 0.6 is 0 Å². The van der Waals surface area contributed by atoms with Crippen LogP contribution in [0, 0.1) is 11.8 Å². The number of nitrogens with one attached hydrogen (secondary N) is 1. The molecule has 0 unspecified atom stereocenters. The summed E-state index contributed by atoms with van der Waals surface area (Å²) in [4.78, 5) is 0. The molecule has 0 saturated carbocycles. The first-order chi connectivity index (χ1) is 4.41. The SMILES string of the molecule is CNCCC#CCCN. The molecule has 0 rings (SSSR count). The Morgan fingerprint density at radius 3 is 2.56 bits per heavy atom. The molecule has 0 atom stereocenters. The van der Waals surface area contributed by atoms with E-state index in [1.54, 1.807) is 0 Å². The van der Waals surface area contributed by atoms with Gasteiger partial charge in [-0.3, -0.25) is 0 Å². The van der Waals surface area contributed by atoms with Crippen LogP contribution in [-0.4, -0.2) is 20.1 Å². The van der Waals surface area contributed by atoms with Gasteiger partial charge in [0, 0.05) is 25.9 Å². The van der Waals surface area contributed by atoms with Crippen LogP contribution in [0.3, 0.4) is 0 Å². The van der Waals surface area contributed by atoms with Gasteiger partial charge in [0.15, 0.2) is 0 Å². The molecule has 0 aromatic heterocycles. The molecule has 0 saturated heterocycles. The van der Waals surface area contributed by atoms with E-state index in [-0.39, 0.29) is 0 Å². The van der Waals surface area contributed by atoms with Gasteiger partial charge in [0.25, 0.3) is 0 Å². The second kappa shape index (κ2) is 7.48. The maximum atomic E-state index is 5.23. The Morgan fingerprint density at radius 1 is 1.33 bits per heavy atom. The van der Waals surface area contributed by atoms with E-state index < -0.39 is 0 Å². The summed E-state index contributed by atoms with van der Waals surface area (Å²) in [6, 6.07) is 0. The average Bonchev–Trinajstić information content (AvgIpc) is 1.89. The summed E-state index contributed by atoms with van der Waals surface area (Å²) in [6.45, 7) is 1.64. The minimum absolute atomic E-state index is 0.673. The predicted octanol–water partition coefficient (Wildman–Crippen LogP) is -0.0519. The summed E-state index contributed by atoms with van der Waals surface area (Å²) >= 11 is 0. The number of hydrogen-bond acceptors (Lipinski definition) is 2. The van der Waals surface area contributed by atoms with Crippen LogP contribution in [0.25, 0.3) is 0 Å². The van der Waals surface area contributed by atoms with Crippen molar-refractivity contribution >= 4 is 0 Å². The zero-order valence-electron chi connectivity index (χ0n) is 5.91. The molecule has 0 fully saturated rings. The molecule has 9 heavy (non-hydrogen) atoms. The minimum Gasteiger partial charge on any atom is -0.330 e. The van der Waals surface area contributed by atoms with Gasteiger partial charge in [-0.05, 0) is 7.05 Å². The van der Waals surface area contributed by atoms with E-state index in [9.17, 15) is 0 Å². The number of rotatable bonds is 3. The van der Waals surface area contributed by atoms with Gasteiger partial charge in [-0.25, -0.2) is 0 Å². The Kier molecular flexibility index (Phi) is 7.05. The number of hydrogen-bond donors (Lipinski definition) is 2. The fourth-order valence-electron chi connectivity index (χ4n) is 0.436. The van der Waals surface area contributed by atoms with E-state index in [1.807, 2.05) is 7.05 Å². The lowest BCUT2D eigenvalue weighted by Crippen LogP contribution is -2.06. The van der Waals surface area contributed by atoms with Crippen LogP contribution in [-0.2, 0) is 0 Å². The Bertz CT molecular complexity index is 99.2. The highest BCUT2D eigenvalue weighted by molar-refractivity contribution is 4.99. The van der Waals surface area contributed by atoms with Crippen molar-refractivity contribution in [3.05, 3.63) is 0 Å². The second-order valence-corrected chi connectivity index (χ2v) is 1.75. The Morgan fingerprint density at radius 2 is 2.00 bits per heavy atom. The Balaban J connectivity index is 2.96. The van der Waals surface area contributed by atoms with E-state index in [4.69, 9.17) is 5.73 Å². The lowest BCUT2D eigenvalue weighted by molar-refractivity contribution is 0.817. The number of nitrogens with two attached hydrogens (primary N) is 1. The third kappa shape index (κ3) is 7.48. The Labute approximate surface area is 56.8 Å². The highest BCUT2D eigenvalue weighted by Gasteiger charge is 1.73. The van der Waals surface area contributed by atoms with Crippen LogP contribution < -0.4 is 11.1 Å². The van der Waals surface area contributed by atoms with Gasteiger partial charge in [-0.15, -0.1) is 11.8 Å². The van der Waals surface area contributed by atoms with Crippen molar-refractivity contribution in [2.45, 2.75) is 12.8 Å². The molecule has 2 nitrogen and oxygen atoms in total. The molecule has 0 aromatic carbocycles. The summed E-state index contributed by atoms with van der Waals surface area (Å²) in [5, 5.41) is 3.01. The summed E-state index contributed by atoms with van der Waals surface area (Å²) < 4.78 is 0. The molecule has 0 aromatic rings. The van der Waals surface area contributed by atoms with E-state index in [1.165, 1.54) is 0 Å². The molecule has 0 bridgehead atoms. The lowest BCUT2D eigenvalue weighted by Gasteiger charge is -1.86. The van der Waals surface area contributed by atoms with E-state index >= 15 is 0 Å². The highest BCUT2D eigenvalue weighted by atomic mass is 14.8. The van der Waals surface area contributed by atoms with Crippen LogP contribution in [0.2, 0.25) is 0 Å². The summed E-state index contributed by atoms with van der Waals surface area (Å²) in [7, 11) is 1.92. The van der Waals surface area contributed by atoms with Crippen molar-refractivity contribution in [1.29, 1.82) is 0 Å². The third-order valence-electron chi connectivity index (χ3n) is 0.894. The lowest BCUT2D eigenvalue weighted by atomic mass is 10.4. The maximum Gasteiger partial charge on any atom is 0.0214 e. The standard InChI is InChI=1S/C7H14N2/c1-9-7-5-3-2-4-6-8/h9H,4-8H2,1H3. The van der Waals surface area contributed by atoms with Crippen molar-refractivity contribution in [1.82, 2.24) is 5.32 Å². The topological polar surface area (TPSA) is 38.0 Å². The van der Waals surface area contributed by atoms with Crippen molar-refractivity contribution in [2.24, 2.45) is 5.73 Å². The first kappa shape index (κ1) is 8.48. The van der Waals surface area contributed by atoms with E-state index in [0.717, 1.165) is 19.4 Å². The first-order valence-corrected chi connectivity index (χ1v) is 3.22. The van der Waals surface area contributed by atoms with Crippen LogP contribution in [0.1, 0.15) is 12.8 Å². The molecule has 0 aliphatic rings. The van der Waals surface area contributed by atoms with Crippen LogP contribution in [0.5, 0.6) is 0 Å². The van der Waals surface area contributed by atoms with E-state index in [0.29, 0.717) is 6.54 Å². The molecule has 3 N–H and O–H groups in total. The highest BCUT2D eigenvalue weighted by Crippen LogP contribution is 1.72. The van der Waals surface area contributed by atoms with Gasteiger partial charge in [-0.2, -0.15) is 0 Å². The maximum absolute atomic E-state index is 5.23. The van der Waals surface area contributed by atoms with Gasteiger partial charge in [0.1, 0.15) is 0 Å². The molecule has 0 radical (unpaired) electrons. The van der Waals surface area contributed by atoms with Gasteiger partial charge < -0.3 is 11.1 Å².